The summed E-state index contributed by atoms with van der Waals surface area (Å²) in [4.78, 5) is 74.0. The summed E-state index contributed by atoms with van der Waals surface area (Å²) in [6.45, 7) is 2.47. The molecule has 4 amide bonds. The summed E-state index contributed by atoms with van der Waals surface area (Å²) < 4.78 is 22.4. The molecule has 3 heterocycles. The van der Waals surface area contributed by atoms with Crippen LogP contribution in [-0.2, 0) is 23.7 Å². The first kappa shape index (κ1) is 35.4. The summed E-state index contributed by atoms with van der Waals surface area (Å²) in [5.41, 5.74) is 1.09. The van der Waals surface area contributed by atoms with Gasteiger partial charge in [0.1, 0.15) is 0 Å². The molecule has 16 nitrogen and oxygen atoms in total. The first-order valence-electron chi connectivity index (χ1n) is 15.7. The van der Waals surface area contributed by atoms with Crippen molar-refractivity contribution in [3.63, 3.8) is 0 Å². The van der Waals surface area contributed by atoms with E-state index < -0.39 is 41.4 Å². The second-order valence-electron chi connectivity index (χ2n) is 11.4. The standard InChI is InChI=1S/C33H38N4O12/c1-34(2)10-11-35-30(41)21-3-5-23-29-24(6-4-22(28(21)29)31(35)42)33(44)36(32(23)43)12-14-46-16-18-48-20-19-47-17-15-45-13-9-27(40)49-37-25(38)7-8-26(37)39/h3-8,38-39H,9-20H2,1-2H3. The Balaban J connectivity index is 0.975. The second kappa shape index (κ2) is 16.0. The minimum absolute atomic E-state index is 0.0103. The molecule has 262 valence electrons. The van der Waals surface area contributed by atoms with Gasteiger partial charge in [0.25, 0.3) is 23.6 Å². The summed E-state index contributed by atoms with van der Waals surface area (Å²) in [6, 6.07) is 8.53. The molecule has 2 aliphatic rings. The van der Waals surface area contributed by atoms with E-state index in [2.05, 4.69) is 0 Å². The number of ether oxygens (including phenoxy) is 4. The summed E-state index contributed by atoms with van der Waals surface area (Å²) in [6.07, 6.45) is -0.0909. The van der Waals surface area contributed by atoms with E-state index in [1.165, 1.54) is 29.2 Å². The number of hydrogen-bond donors (Lipinski definition) is 2. The molecule has 0 bridgehead atoms. The van der Waals surface area contributed by atoms with Crippen LogP contribution in [-0.4, -0.2) is 146 Å². The lowest BCUT2D eigenvalue weighted by Gasteiger charge is -2.32. The second-order valence-corrected chi connectivity index (χ2v) is 11.4. The Morgan fingerprint density at radius 3 is 1.41 bits per heavy atom. The summed E-state index contributed by atoms with van der Waals surface area (Å²) in [7, 11) is 3.70. The molecule has 0 saturated carbocycles. The van der Waals surface area contributed by atoms with Crippen LogP contribution in [0.15, 0.2) is 36.4 Å². The van der Waals surface area contributed by atoms with Gasteiger partial charge in [-0.25, -0.2) is 4.79 Å². The molecule has 0 atom stereocenters. The van der Waals surface area contributed by atoms with E-state index in [-0.39, 0.29) is 70.3 Å². The molecule has 2 aromatic carbocycles. The molecule has 0 unspecified atom stereocenters. The number of likely N-dealkylation sites (N-methyl/N-ethyl adjacent to an activating group) is 1. The molecule has 0 aliphatic carbocycles. The van der Waals surface area contributed by atoms with Crippen molar-refractivity contribution in [2.24, 2.45) is 0 Å². The van der Waals surface area contributed by atoms with Crippen LogP contribution in [0.3, 0.4) is 0 Å². The van der Waals surface area contributed by atoms with Crippen molar-refractivity contribution in [1.82, 2.24) is 19.4 Å². The van der Waals surface area contributed by atoms with Crippen LogP contribution in [0.1, 0.15) is 47.9 Å². The fourth-order valence-corrected chi connectivity index (χ4v) is 5.40. The van der Waals surface area contributed by atoms with Crippen molar-refractivity contribution < 1.29 is 58.0 Å². The Bertz CT molecular complexity index is 1650. The van der Waals surface area contributed by atoms with Crippen LogP contribution in [0.2, 0.25) is 0 Å². The maximum absolute atomic E-state index is 13.4. The van der Waals surface area contributed by atoms with Crippen LogP contribution < -0.4 is 4.84 Å². The fraction of sp³-hybridized carbons (Fsp3) is 0.424. The largest absolute Gasteiger partial charge is 0.492 e. The van der Waals surface area contributed by atoms with Gasteiger partial charge in [-0.3, -0.25) is 29.0 Å². The molecule has 16 heteroatoms. The molecule has 0 saturated heterocycles. The van der Waals surface area contributed by atoms with E-state index in [9.17, 15) is 34.2 Å². The van der Waals surface area contributed by atoms with Crippen LogP contribution in [0.4, 0.5) is 0 Å². The predicted molar refractivity (Wildman–Crippen MR) is 170 cm³/mol. The minimum Gasteiger partial charge on any atom is -0.492 e. The number of aromatic nitrogens is 1. The Morgan fingerprint density at radius 2 is 0.980 bits per heavy atom. The normalized spacial score (nSPS) is 14.1. The van der Waals surface area contributed by atoms with E-state index in [1.807, 2.05) is 19.0 Å². The van der Waals surface area contributed by atoms with E-state index in [4.69, 9.17) is 23.8 Å². The van der Waals surface area contributed by atoms with Crippen molar-refractivity contribution in [2.75, 3.05) is 86.6 Å². The molecule has 0 radical (unpaired) electrons. The van der Waals surface area contributed by atoms with Crippen molar-refractivity contribution in [3.8, 4) is 11.8 Å². The van der Waals surface area contributed by atoms with Crippen molar-refractivity contribution >= 4 is 40.4 Å². The fourth-order valence-electron chi connectivity index (χ4n) is 5.40. The molecule has 2 aliphatic heterocycles. The monoisotopic (exact) mass is 682 g/mol. The molecule has 1 aromatic heterocycles. The van der Waals surface area contributed by atoms with Crippen molar-refractivity contribution in [1.29, 1.82) is 0 Å². The molecule has 49 heavy (non-hydrogen) atoms. The number of benzene rings is 2. The first-order chi connectivity index (χ1) is 23.6. The molecule has 0 spiro atoms. The molecule has 2 N–H and O–H groups in total. The Kier molecular flexibility index (Phi) is 11.6. The number of hydrogen-bond acceptors (Lipinski definition) is 13. The van der Waals surface area contributed by atoms with Crippen LogP contribution in [0.25, 0.3) is 10.8 Å². The maximum Gasteiger partial charge on any atom is 0.335 e. The first-order valence-corrected chi connectivity index (χ1v) is 15.7. The third-order valence-electron chi connectivity index (χ3n) is 7.85. The molecule has 5 rings (SSSR count). The van der Waals surface area contributed by atoms with Gasteiger partial charge in [-0.1, -0.05) is 0 Å². The number of amides is 4. The van der Waals surface area contributed by atoms with Crippen LogP contribution in [0.5, 0.6) is 11.8 Å². The zero-order chi connectivity index (χ0) is 35.1. The van der Waals surface area contributed by atoms with Gasteiger partial charge in [0.05, 0.1) is 65.8 Å². The third kappa shape index (κ3) is 7.90. The van der Waals surface area contributed by atoms with Gasteiger partial charge in [0.2, 0.25) is 11.8 Å². The van der Waals surface area contributed by atoms with Gasteiger partial charge >= 0.3 is 5.97 Å². The lowest BCUT2D eigenvalue weighted by atomic mass is 9.86. The SMILES string of the molecule is CN(C)CCN1C(=O)c2ccc3c4c(ccc(c24)C1=O)C(=O)N(CCOCCOCCOCCOCCC(=O)On1c(O)ccc1O)C3=O. The van der Waals surface area contributed by atoms with Crippen molar-refractivity contribution in [2.45, 2.75) is 6.42 Å². The highest BCUT2D eigenvalue weighted by atomic mass is 16.7. The van der Waals surface area contributed by atoms with E-state index in [0.29, 0.717) is 46.4 Å². The van der Waals surface area contributed by atoms with Gasteiger partial charge in [0.15, 0.2) is 0 Å². The average Bonchev–Trinajstić information content (AvgIpc) is 3.39. The number of carbonyl (C=O) groups excluding carboxylic acids is 5. The number of rotatable bonds is 19. The zero-order valence-corrected chi connectivity index (χ0v) is 27.2. The van der Waals surface area contributed by atoms with E-state index >= 15 is 0 Å². The van der Waals surface area contributed by atoms with Crippen LogP contribution in [0, 0.1) is 0 Å². The minimum atomic E-state index is -0.696. The molecular weight excluding hydrogens is 644 g/mol. The topological polar surface area (TPSA) is 187 Å². The summed E-state index contributed by atoms with van der Waals surface area (Å²) >= 11 is 0. The van der Waals surface area contributed by atoms with Gasteiger partial charge in [-0.2, -0.15) is 0 Å². The van der Waals surface area contributed by atoms with E-state index in [1.54, 1.807) is 12.1 Å². The lowest BCUT2D eigenvalue weighted by Crippen LogP contribution is -2.45. The van der Waals surface area contributed by atoms with Gasteiger partial charge in [-0.15, -0.1) is 4.73 Å². The Labute approximate surface area is 281 Å². The quantitative estimate of drug-likeness (QED) is 0.134. The number of aromatic hydroxyl groups is 2. The highest BCUT2D eigenvalue weighted by Crippen LogP contribution is 2.37. The summed E-state index contributed by atoms with van der Waals surface area (Å²) in [5.74, 6) is -3.44. The number of carbonyl (C=O) groups is 5. The zero-order valence-electron chi connectivity index (χ0n) is 27.2. The predicted octanol–water partition coefficient (Wildman–Crippen LogP) is 0.918. The highest BCUT2D eigenvalue weighted by molar-refractivity contribution is 6.33. The molecule has 0 fully saturated rings. The Morgan fingerprint density at radius 1 is 0.592 bits per heavy atom. The lowest BCUT2D eigenvalue weighted by molar-refractivity contribution is -0.146. The van der Waals surface area contributed by atoms with Gasteiger partial charge < -0.3 is 38.9 Å². The van der Waals surface area contributed by atoms with E-state index in [0.717, 1.165) is 4.90 Å². The molecule has 3 aromatic rings. The average molecular weight is 683 g/mol. The number of imide groups is 2. The highest BCUT2D eigenvalue weighted by Gasteiger charge is 2.39. The van der Waals surface area contributed by atoms with Gasteiger partial charge in [-0.05, 0) is 38.4 Å². The maximum atomic E-state index is 13.4. The van der Waals surface area contributed by atoms with Gasteiger partial charge in [0, 0.05) is 58.2 Å². The smallest absolute Gasteiger partial charge is 0.335 e. The number of nitrogens with zero attached hydrogens (tertiary/aromatic N) is 4. The van der Waals surface area contributed by atoms with Crippen LogP contribution >= 0.6 is 0 Å². The Hall–Kier alpha value is -4.87. The summed E-state index contributed by atoms with van der Waals surface area (Å²) in [5, 5.41) is 19.6. The van der Waals surface area contributed by atoms with Crippen molar-refractivity contribution in [3.05, 3.63) is 58.7 Å². The molecular formula is C33H38N4O12. The third-order valence-corrected chi connectivity index (χ3v) is 7.85.